The van der Waals surface area contributed by atoms with Crippen molar-refractivity contribution in [1.82, 2.24) is 4.31 Å². The summed E-state index contributed by atoms with van der Waals surface area (Å²) in [5.74, 6) is 0. The van der Waals surface area contributed by atoms with E-state index in [-0.39, 0.29) is 6.04 Å². The molecule has 0 aromatic rings. The fourth-order valence-electron chi connectivity index (χ4n) is 1.66. The van der Waals surface area contributed by atoms with Crippen LogP contribution in [0.1, 0.15) is 27.2 Å². The van der Waals surface area contributed by atoms with Crippen molar-refractivity contribution in [3.63, 3.8) is 0 Å². The van der Waals surface area contributed by atoms with Crippen LogP contribution in [0.2, 0.25) is 0 Å². The van der Waals surface area contributed by atoms with E-state index in [0.29, 0.717) is 5.71 Å². The van der Waals surface area contributed by atoms with Gasteiger partial charge < -0.3 is 5.41 Å². The molecule has 0 spiro atoms. The van der Waals surface area contributed by atoms with E-state index in [1.807, 2.05) is 17.4 Å². The molecule has 1 rings (SSSR count). The van der Waals surface area contributed by atoms with E-state index < -0.39 is 0 Å². The molecule has 0 aromatic heterocycles. The maximum Gasteiger partial charge on any atom is 0.0648 e. The molecule has 0 radical (unpaired) electrons. The molecule has 1 aliphatic carbocycles. The minimum absolute atomic E-state index is 0.103. The Morgan fingerprint density at radius 1 is 1.43 bits per heavy atom. The number of nitrogens with zero attached hydrogens (tertiary/aromatic N) is 1. The average Bonchev–Trinajstić information content (AvgIpc) is 2.18. The van der Waals surface area contributed by atoms with E-state index in [9.17, 15) is 0 Å². The van der Waals surface area contributed by atoms with Crippen LogP contribution in [0.25, 0.3) is 0 Å². The number of thiol groups is 1. The molecule has 1 atom stereocenters. The van der Waals surface area contributed by atoms with Gasteiger partial charge in [0.2, 0.25) is 0 Å². The van der Waals surface area contributed by atoms with Crippen molar-refractivity contribution in [2.75, 3.05) is 7.05 Å². The standard InChI is InChI=1S/C11H18N2S/c1-7-5-10(12)11(13(4)14)6-8(2)9(7)3/h5,11-12,14H,6H2,1-4H3. The normalized spacial score (nSPS) is 24.0. The van der Waals surface area contributed by atoms with E-state index in [1.54, 1.807) is 0 Å². The van der Waals surface area contributed by atoms with Crippen molar-refractivity contribution in [2.24, 2.45) is 0 Å². The lowest BCUT2D eigenvalue weighted by Crippen LogP contribution is -2.30. The van der Waals surface area contributed by atoms with Gasteiger partial charge in [-0.2, -0.15) is 0 Å². The highest BCUT2D eigenvalue weighted by Crippen LogP contribution is 2.24. The number of hydrogen-bond acceptors (Lipinski definition) is 3. The van der Waals surface area contributed by atoms with Gasteiger partial charge in [0.15, 0.2) is 0 Å². The predicted octanol–water partition coefficient (Wildman–Crippen LogP) is 2.84. The average molecular weight is 210 g/mol. The van der Waals surface area contributed by atoms with Gasteiger partial charge in [-0.15, -0.1) is 0 Å². The molecule has 0 amide bonds. The molecule has 0 aliphatic heterocycles. The van der Waals surface area contributed by atoms with Crippen molar-refractivity contribution in [1.29, 1.82) is 5.41 Å². The smallest absolute Gasteiger partial charge is 0.0648 e. The zero-order chi connectivity index (χ0) is 10.9. The van der Waals surface area contributed by atoms with Crippen molar-refractivity contribution in [2.45, 2.75) is 33.2 Å². The summed E-state index contributed by atoms with van der Waals surface area (Å²) >= 11 is 4.29. The van der Waals surface area contributed by atoms with Gasteiger partial charge in [0.1, 0.15) is 0 Å². The Kier molecular flexibility index (Phi) is 3.56. The van der Waals surface area contributed by atoms with Crippen LogP contribution in [0.3, 0.4) is 0 Å². The van der Waals surface area contributed by atoms with Crippen LogP contribution >= 0.6 is 12.8 Å². The highest BCUT2D eigenvalue weighted by atomic mass is 32.1. The molecule has 0 saturated carbocycles. The van der Waals surface area contributed by atoms with Crippen molar-refractivity contribution in [3.8, 4) is 0 Å². The second-order valence-corrected chi connectivity index (χ2v) is 4.61. The highest BCUT2D eigenvalue weighted by Gasteiger charge is 2.20. The van der Waals surface area contributed by atoms with Crippen LogP contribution < -0.4 is 0 Å². The molecule has 0 bridgehead atoms. The molecule has 0 saturated heterocycles. The fraction of sp³-hybridized carbons (Fsp3) is 0.545. The van der Waals surface area contributed by atoms with E-state index in [1.165, 1.54) is 16.7 Å². The van der Waals surface area contributed by atoms with Gasteiger partial charge in [-0.05, 0) is 51.5 Å². The SMILES string of the molecule is CC1=CC(=N)C(N(C)S)CC(C)=C1C. The molecule has 0 heterocycles. The third-order valence-electron chi connectivity index (χ3n) is 2.91. The molecule has 3 heteroatoms. The summed E-state index contributed by atoms with van der Waals surface area (Å²) in [5.41, 5.74) is 4.51. The summed E-state index contributed by atoms with van der Waals surface area (Å²) in [7, 11) is 1.90. The molecule has 1 unspecified atom stereocenters. The van der Waals surface area contributed by atoms with Crippen molar-refractivity contribution >= 4 is 18.5 Å². The summed E-state index contributed by atoms with van der Waals surface area (Å²) in [5, 5.41) is 7.93. The van der Waals surface area contributed by atoms with Crippen molar-refractivity contribution in [3.05, 3.63) is 22.8 Å². The minimum atomic E-state index is 0.103. The molecule has 78 valence electrons. The molecule has 0 aromatic carbocycles. The number of hydrogen-bond donors (Lipinski definition) is 2. The molecule has 1 aliphatic rings. The topological polar surface area (TPSA) is 27.1 Å². The molecule has 14 heavy (non-hydrogen) atoms. The van der Waals surface area contributed by atoms with Gasteiger partial charge in [-0.3, -0.25) is 0 Å². The van der Waals surface area contributed by atoms with Gasteiger partial charge >= 0.3 is 0 Å². The fourth-order valence-corrected chi connectivity index (χ4v) is 1.87. The zero-order valence-corrected chi connectivity index (χ0v) is 10.2. The Balaban J connectivity index is 3.06. The first-order valence-corrected chi connectivity index (χ1v) is 5.18. The summed E-state index contributed by atoms with van der Waals surface area (Å²) in [6, 6.07) is 0.103. The largest absolute Gasteiger partial charge is 0.304 e. The van der Waals surface area contributed by atoms with Crippen LogP contribution in [0, 0.1) is 5.41 Å². The Morgan fingerprint density at radius 2 is 2.00 bits per heavy atom. The third-order valence-corrected chi connectivity index (χ3v) is 3.19. The van der Waals surface area contributed by atoms with Crippen LogP contribution in [0.5, 0.6) is 0 Å². The maximum absolute atomic E-state index is 7.93. The van der Waals surface area contributed by atoms with Crippen LogP contribution in [-0.2, 0) is 0 Å². The minimum Gasteiger partial charge on any atom is -0.304 e. The quantitative estimate of drug-likeness (QED) is 0.640. The Morgan fingerprint density at radius 3 is 2.50 bits per heavy atom. The Hall–Kier alpha value is -0.540. The number of nitrogens with one attached hydrogen (secondary N) is 1. The monoisotopic (exact) mass is 210 g/mol. The first-order valence-electron chi connectivity index (χ1n) is 4.78. The van der Waals surface area contributed by atoms with Gasteiger partial charge in [0, 0.05) is 0 Å². The van der Waals surface area contributed by atoms with Gasteiger partial charge in [0.05, 0.1) is 11.8 Å². The van der Waals surface area contributed by atoms with Gasteiger partial charge in [-0.25, -0.2) is 4.31 Å². The molecule has 1 N–H and O–H groups in total. The second-order valence-electron chi connectivity index (χ2n) is 3.98. The van der Waals surface area contributed by atoms with Crippen LogP contribution in [0.4, 0.5) is 0 Å². The van der Waals surface area contributed by atoms with Gasteiger partial charge in [0.25, 0.3) is 0 Å². The summed E-state index contributed by atoms with van der Waals surface area (Å²) in [4.78, 5) is 0. The molecular formula is C11H18N2S. The van der Waals surface area contributed by atoms with E-state index in [4.69, 9.17) is 5.41 Å². The summed E-state index contributed by atoms with van der Waals surface area (Å²) in [6.45, 7) is 6.32. The lowest BCUT2D eigenvalue weighted by molar-refractivity contribution is 0.502. The van der Waals surface area contributed by atoms with E-state index in [2.05, 4.69) is 33.6 Å². The maximum atomic E-state index is 7.93. The highest BCUT2D eigenvalue weighted by molar-refractivity contribution is 7.77. The predicted molar refractivity (Wildman–Crippen MR) is 65.0 cm³/mol. The first-order chi connectivity index (χ1) is 6.43. The molecule has 2 nitrogen and oxygen atoms in total. The Bertz CT molecular complexity index is 313. The van der Waals surface area contributed by atoms with E-state index >= 15 is 0 Å². The van der Waals surface area contributed by atoms with Crippen LogP contribution in [0.15, 0.2) is 22.8 Å². The van der Waals surface area contributed by atoms with Crippen molar-refractivity contribution < 1.29 is 0 Å². The lowest BCUT2D eigenvalue weighted by Gasteiger charge is -2.21. The molecule has 0 fully saturated rings. The molecular weight excluding hydrogens is 192 g/mol. The summed E-state index contributed by atoms with van der Waals surface area (Å²) < 4.78 is 1.81. The summed E-state index contributed by atoms with van der Waals surface area (Å²) in [6.07, 6.45) is 2.85. The lowest BCUT2D eigenvalue weighted by atomic mass is 10.0. The first kappa shape index (κ1) is 11.5. The number of allylic oxidation sites excluding steroid dienone is 2. The van der Waals surface area contributed by atoms with Gasteiger partial charge in [-0.1, -0.05) is 18.4 Å². The van der Waals surface area contributed by atoms with Crippen LogP contribution in [-0.4, -0.2) is 23.1 Å². The third kappa shape index (κ3) is 2.28. The Labute approximate surface area is 91.7 Å². The number of rotatable bonds is 1. The second kappa shape index (κ2) is 4.32. The zero-order valence-electron chi connectivity index (χ0n) is 9.26. The van der Waals surface area contributed by atoms with E-state index in [0.717, 1.165) is 6.42 Å².